The molecule has 0 saturated heterocycles. The van der Waals surface area contributed by atoms with Gasteiger partial charge in [-0.25, -0.2) is 9.97 Å². The second-order valence-electron chi connectivity index (χ2n) is 6.89. The lowest BCUT2D eigenvalue weighted by molar-refractivity contribution is 0.405. The van der Waals surface area contributed by atoms with E-state index in [2.05, 4.69) is 39.9 Å². The van der Waals surface area contributed by atoms with Crippen LogP contribution >= 0.6 is 0 Å². The van der Waals surface area contributed by atoms with E-state index in [-0.39, 0.29) is 0 Å². The van der Waals surface area contributed by atoms with Crippen molar-refractivity contribution in [2.45, 2.75) is 19.9 Å². The second kappa shape index (κ2) is 7.79. The SMILES string of the molecule is COc1ccc(OC)c(Nc2nccc(-c3cn(C(C)C)c4cnccc34)n2)c1. The minimum absolute atomic E-state index is 0.316. The molecule has 1 N–H and O–H groups in total. The van der Waals surface area contributed by atoms with Crippen molar-refractivity contribution in [1.82, 2.24) is 19.5 Å². The monoisotopic (exact) mass is 389 g/mol. The number of hydrogen-bond acceptors (Lipinski definition) is 6. The highest BCUT2D eigenvalue weighted by Gasteiger charge is 2.14. The van der Waals surface area contributed by atoms with Gasteiger partial charge in [0.15, 0.2) is 0 Å². The summed E-state index contributed by atoms with van der Waals surface area (Å²) < 4.78 is 13.0. The number of nitrogens with one attached hydrogen (secondary N) is 1. The van der Waals surface area contributed by atoms with Crippen LogP contribution in [-0.4, -0.2) is 33.7 Å². The van der Waals surface area contributed by atoms with Crippen LogP contribution in [0.4, 0.5) is 11.6 Å². The summed E-state index contributed by atoms with van der Waals surface area (Å²) in [4.78, 5) is 13.4. The van der Waals surface area contributed by atoms with E-state index in [1.54, 1.807) is 26.6 Å². The fraction of sp³-hybridized carbons (Fsp3) is 0.227. The molecule has 3 aromatic heterocycles. The quantitative estimate of drug-likeness (QED) is 0.509. The molecule has 0 spiro atoms. The number of hydrogen-bond donors (Lipinski definition) is 1. The van der Waals surface area contributed by atoms with Crippen LogP contribution in [-0.2, 0) is 0 Å². The summed E-state index contributed by atoms with van der Waals surface area (Å²) in [6.45, 7) is 4.30. The third-order valence-electron chi connectivity index (χ3n) is 4.78. The third kappa shape index (κ3) is 3.59. The van der Waals surface area contributed by atoms with E-state index < -0.39 is 0 Å². The van der Waals surface area contributed by atoms with Crippen LogP contribution in [0.3, 0.4) is 0 Å². The minimum atomic E-state index is 0.316. The lowest BCUT2D eigenvalue weighted by Crippen LogP contribution is -2.00. The molecular formula is C22H23N5O2. The highest BCUT2D eigenvalue weighted by molar-refractivity contribution is 5.94. The van der Waals surface area contributed by atoms with Crippen LogP contribution in [0.2, 0.25) is 0 Å². The van der Waals surface area contributed by atoms with Gasteiger partial charge in [-0.05, 0) is 38.1 Å². The summed E-state index contributed by atoms with van der Waals surface area (Å²) in [5, 5.41) is 4.35. The van der Waals surface area contributed by atoms with Crippen molar-refractivity contribution in [1.29, 1.82) is 0 Å². The Labute approximate surface area is 169 Å². The molecule has 7 heteroatoms. The molecule has 0 radical (unpaired) electrons. The average molecular weight is 389 g/mol. The molecule has 4 aromatic rings. The highest BCUT2D eigenvalue weighted by Crippen LogP contribution is 2.33. The molecule has 4 rings (SSSR count). The molecule has 0 bridgehead atoms. The number of ether oxygens (including phenoxy) is 2. The van der Waals surface area contributed by atoms with E-state index in [1.807, 2.05) is 36.5 Å². The molecule has 0 unspecified atom stereocenters. The first kappa shape index (κ1) is 18.7. The number of benzene rings is 1. The van der Waals surface area contributed by atoms with E-state index in [0.717, 1.165) is 33.6 Å². The van der Waals surface area contributed by atoms with E-state index in [1.165, 1.54) is 0 Å². The first-order chi connectivity index (χ1) is 14.1. The Morgan fingerprint density at radius 3 is 2.66 bits per heavy atom. The van der Waals surface area contributed by atoms with Crippen LogP contribution in [0.15, 0.2) is 55.1 Å². The van der Waals surface area contributed by atoms with E-state index in [0.29, 0.717) is 17.7 Å². The van der Waals surface area contributed by atoms with Crippen LogP contribution in [0.5, 0.6) is 11.5 Å². The Bertz CT molecular complexity index is 1150. The Morgan fingerprint density at radius 1 is 1.03 bits per heavy atom. The summed E-state index contributed by atoms with van der Waals surface area (Å²) in [5.74, 6) is 1.88. The van der Waals surface area contributed by atoms with Gasteiger partial charge in [0.25, 0.3) is 0 Å². The highest BCUT2D eigenvalue weighted by atomic mass is 16.5. The lowest BCUT2D eigenvalue weighted by Gasteiger charge is -2.12. The summed E-state index contributed by atoms with van der Waals surface area (Å²) in [6.07, 6.45) is 7.56. The maximum absolute atomic E-state index is 5.44. The molecule has 3 heterocycles. The second-order valence-corrected chi connectivity index (χ2v) is 6.89. The molecule has 0 atom stereocenters. The topological polar surface area (TPSA) is 74.1 Å². The average Bonchev–Trinajstić information content (AvgIpc) is 3.14. The number of fused-ring (bicyclic) bond motifs is 1. The van der Waals surface area contributed by atoms with Crippen LogP contribution in [0.1, 0.15) is 19.9 Å². The predicted molar refractivity (Wildman–Crippen MR) is 114 cm³/mol. The molecule has 0 amide bonds. The van der Waals surface area contributed by atoms with Crippen molar-refractivity contribution >= 4 is 22.5 Å². The number of pyridine rings is 1. The van der Waals surface area contributed by atoms with Gasteiger partial charge in [-0.2, -0.15) is 0 Å². The van der Waals surface area contributed by atoms with Crippen LogP contribution < -0.4 is 14.8 Å². The first-order valence-electron chi connectivity index (χ1n) is 9.37. The van der Waals surface area contributed by atoms with Gasteiger partial charge in [-0.3, -0.25) is 4.98 Å². The molecule has 148 valence electrons. The summed E-state index contributed by atoms with van der Waals surface area (Å²) in [6, 6.07) is 9.78. The standard InChI is InChI=1S/C22H23N5O2/c1-14(2)27-13-17(16-7-9-23-12-20(16)27)18-8-10-24-22(25-18)26-19-11-15(28-3)5-6-21(19)29-4/h5-14H,1-4H3,(H,24,25,26). The Balaban J connectivity index is 1.75. The maximum atomic E-state index is 5.44. The molecule has 7 nitrogen and oxygen atoms in total. The van der Waals surface area contributed by atoms with E-state index in [9.17, 15) is 0 Å². The number of rotatable bonds is 6. The zero-order valence-electron chi connectivity index (χ0n) is 16.9. The van der Waals surface area contributed by atoms with Crippen molar-refractivity contribution in [2.75, 3.05) is 19.5 Å². The van der Waals surface area contributed by atoms with Gasteiger partial charge in [-0.15, -0.1) is 0 Å². The van der Waals surface area contributed by atoms with Crippen LogP contribution in [0.25, 0.3) is 22.2 Å². The van der Waals surface area contributed by atoms with Gasteiger partial charge < -0.3 is 19.4 Å². The van der Waals surface area contributed by atoms with Gasteiger partial charge in [0, 0.05) is 41.6 Å². The number of aromatic nitrogens is 4. The van der Waals surface area contributed by atoms with Crippen LogP contribution in [0, 0.1) is 0 Å². The number of anilines is 2. The zero-order chi connectivity index (χ0) is 20.4. The summed E-state index contributed by atoms with van der Waals surface area (Å²) in [5.41, 5.74) is 3.69. The molecule has 0 aliphatic carbocycles. The van der Waals surface area contributed by atoms with Gasteiger partial charge >= 0.3 is 0 Å². The number of nitrogens with zero attached hydrogens (tertiary/aromatic N) is 4. The molecule has 0 aliphatic heterocycles. The third-order valence-corrected chi connectivity index (χ3v) is 4.78. The molecular weight excluding hydrogens is 366 g/mol. The zero-order valence-corrected chi connectivity index (χ0v) is 16.9. The van der Waals surface area contributed by atoms with Gasteiger partial charge in [0.05, 0.1) is 37.3 Å². The summed E-state index contributed by atoms with van der Waals surface area (Å²) in [7, 11) is 3.25. The van der Waals surface area contributed by atoms with Gasteiger partial charge in [0.2, 0.25) is 5.95 Å². The van der Waals surface area contributed by atoms with Crippen molar-refractivity contribution in [2.24, 2.45) is 0 Å². The molecule has 29 heavy (non-hydrogen) atoms. The predicted octanol–water partition coefficient (Wildman–Crippen LogP) is 4.84. The molecule has 0 saturated carbocycles. The molecule has 0 aliphatic rings. The largest absolute Gasteiger partial charge is 0.497 e. The fourth-order valence-electron chi connectivity index (χ4n) is 3.33. The Kier molecular flexibility index (Phi) is 5.03. The smallest absolute Gasteiger partial charge is 0.227 e. The molecule has 1 aromatic carbocycles. The Hall–Kier alpha value is -3.61. The van der Waals surface area contributed by atoms with Gasteiger partial charge in [-0.1, -0.05) is 0 Å². The minimum Gasteiger partial charge on any atom is -0.497 e. The number of methoxy groups -OCH3 is 2. The lowest BCUT2D eigenvalue weighted by atomic mass is 10.1. The first-order valence-corrected chi connectivity index (χ1v) is 9.37. The molecule has 0 fully saturated rings. The van der Waals surface area contributed by atoms with Crippen molar-refractivity contribution in [3.05, 3.63) is 55.1 Å². The Morgan fingerprint density at radius 2 is 1.90 bits per heavy atom. The maximum Gasteiger partial charge on any atom is 0.227 e. The van der Waals surface area contributed by atoms with Crippen molar-refractivity contribution in [3.63, 3.8) is 0 Å². The summed E-state index contributed by atoms with van der Waals surface area (Å²) >= 11 is 0. The van der Waals surface area contributed by atoms with E-state index in [4.69, 9.17) is 14.5 Å². The fourth-order valence-corrected chi connectivity index (χ4v) is 3.33. The van der Waals surface area contributed by atoms with Crippen molar-refractivity contribution in [3.8, 4) is 22.8 Å². The van der Waals surface area contributed by atoms with Crippen molar-refractivity contribution < 1.29 is 9.47 Å². The van der Waals surface area contributed by atoms with Gasteiger partial charge in [0.1, 0.15) is 11.5 Å². The normalized spacial score (nSPS) is 11.1. The van der Waals surface area contributed by atoms with E-state index >= 15 is 0 Å².